The largest absolute Gasteiger partial charge is 0.388 e. The maximum Gasteiger partial charge on any atom is 0.191 e. The highest BCUT2D eigenvalue weighted by atomic mass is 32.2. The van der Waals surface area contributed by atoms with E-state index in [1.54, 1.807) is 4.57 Å². The molecule has 6 heteroatoms. The van der Waals surface area contributed by atoms with Crippen LogP contribution in [0.1, 0.15) is 44.3 Å². The van der Waals surface area contributed by atoms with Crippen molar-refractivity contribution in [3.8, 4) is 0 Å². The molecule has 1 N–H and O–H groups in total. The summed E-state index contributed by atoms with van der Waals surface area (Å²) in [7, 11) is 1.84. The van der Waals surface area contributed by atoms with Crippen molar-refractivity contribution in [2.45, 2.75) is 50.3 Å². The fourth-order valence-electron chi connectivity index (χ4n) is 5.34. The predicted molar refractivity (Wildman–Crippen MR) is 83.3 cm³/mol. The van der Waals surface area contributed by atoms with Crippen LogP contribution in [0.2, 0.25) is 0 Å². The van der Waals surface area contributed by atoms with Gasteiger partial charge in [-0.3, -0.25) is 4.79 Å². The Morgan fingerprint density at radius 3 is 2.32 bits per heavy atom. The molecule has 1 heterocycles. The van der Waals surface area contributed by atoms with Crippen molar-refractivity contribution in [3.05, 3.63) is 5.82 Å². The number of thioether (sulfide) groups is 1. The summed E-state index contributed by atoms with van der Waals surface area (Å²) < 4.78 is 1.78. The Labute approximate surface area is 134 Å². The van der Waals surface area contributed by atoms with Gasteiger partial charge in [-0.1, -0.05) is 11.8 Å². The fourth-order valence-corrected chi connectivity index (χ4v) is 6.31. The molecule has 4 bridgehead atoms. The van der Waals surface area contributed by atoms with Gasteiger partial charge < -0.3 is 9.67 Å². The van der Waals surface area contributed by atoms with Crippen molar-refractivity contribution in [1.82, 2.24) is 14.8 Å². The Bertz CT molecular complexity index is 563. The molecule has 4 aliphatic carbocycles. The summed E-state index contributed by atoms with van der Waals surface area (Å²) in [5, 5.41) is 17.9. The highest BCUT2D eigenvalue weighted by Gasteiger charge is 2.54. The number of ketones is 1. The van der Waals surface area contributed by atoms with Gasteiger partial charge in [0.15, 0.2) is 11.0 Å². The van der Waals surface area contributed by atoms with Gasteiger partial charge in [0.05, 0.1) is 5.75 Å². The number of hydrogen-bond donors (Lipinski definition) is 1. The van der Waals surface area contributed by atoms with Gasteiger partial charge in [0.25, 0.3) is 0 Å². The minimum Gasteiger partial charge on any atom is -0.388 e. The van der Waals surface area contributed by atoms with E-state index in [0.717, 1.165) is 42.2 Å². The van der Waals surface area contributed by atoms with Gasteiger partial charge in [0.2, 0.25) is 0 Å². The minimum absolute atomic E-state index is 0.0276. The van der Waals surface area contributed by atoms with E-state index >= 15 is 0 Å². The van der Waals surface area contributed by atoms with E-state index in [-0.39, 0.29) is 12.0 Å². The molecule has 0 atom stereocenters. The highest BCUT2D eigenvalue weighted by Crippen LogP contribution is 2.60. The molecule has 5 rings (SSSR count). The molecule has 4 fully saturated rings. The molecule has 1 aromatic rings. The van der Waals surface area contributed by atoms with Crippen LogP contribution in [0, 0.1) is 23.2 Å². The van der Waals surface area contributed by atoms with Crippen LogP contribution in [0.15, 0.2) is 5.16 Å². The van der Waals surface area contributed by atoms with Crippen molar-refractivity contribution in [1.29, 1.82) is 0 Å². The number of aliphatic hydroxyl groups excluding tert-OH is 1. The summed E-state index contributed by atoms with van der Waals surface area (Å²) in [6, 6.07) is 0. The molecule has 0 unspecified atom stereocenters. The summed E-state index contributed by atoms with van der Waals surface area (Å²) in [6.07, 6.45) is 7.46. The van der Waals surface area contributed by atoms with Gasteiger partial charge in [-0.15, -0.1) is 10.2 Å². The number of rotatable bonds is 5. The summed E-state index contributed by atoms with van der Waals surface area (Å²) in [5.41, 5.74) is -0.0276. The molecule has 0 aromatic carbocycles. The zero-order valence-corrected chi connectivity index (χ0v) is 13.8. The predicted octanol–water partition coefficient (Wildman–Crippen LogP) is 2.18. The Hall–Kier alpha value is -0.880. The Morgan fingerprint density at radius 1 is 1.23 bits per heavy atom. The van der Waals surface area contributed by atoms with E-state index in [2.05, 4.69) is 10.2 Å². The zero-order chi connectivity index (χ0) is 15.3. The second kappa shape index (κ2) is 5.34. The first kappa shape index (κ1) is 14.7. The normalized spacial score (nSPS) is 36.0. The van der Waals surface area contributed by atoms with Crippen LogP contribution in [-0.2, 0) is 18.4 Å². The molecule has 0 saturated heterocycles. The molecule has 0 radical (unpaired) electrons. The van der Waals surface area contributed by atoms with Gasteiger partial charge in [-0.05, 0) is 56.3 Å². The highest BCUT2D eigenvalue weighted by molar-refractivity contribution is 7.99. The van der Waals surface area contributed by atoms with Crippen LogP contribution in [0.4, 0.5) is 0 Å². The summed E-state index contributed by atoms with van der Waals surface area (Å²) in [5.74, 6) is 3.86. The number of aromatic nitrogens is 3. The van der Waals surface area contributed by atoms with E-state index in [0.29, 0.717) is 17.4 Å². The van der Waals surface area contributed by atoms with E-state index in [1.165, 1.54) is 31.0 Å². The number of Topliss-reactive ketones (excluding diaryl/α,β-unsaturated/α-hetero) is 1. The number of nitrogens with zero attached hydrogens (tertiary/aromatic N) is 3. The molecule has 0 amide bonds. The van der Waals surface area contributed by atoms with E-state index in [1.807, 2.05) is 7.05 Å². The van der Waals surface area contributed by atoms with Crippen LogP contribution >= 0.6 is 11.8 Å². The molecule has 4 aliphatic rings. The average molecular weight is 321 g/mol. The van der Waals surface area contributed by atoms with Gasteiger partial charge in [-0.2, -0.15) is 0 Å². The minimum atomic E-state index is -0.118. The van der Waals surface area contributed by atoms with Gasteiger partial charge >= 0.3 is 0 Å². The quantitative estimate of drug-likeness (QED) is 0.842. The summed E-state index contributed by atoms with van der Waals surface area (Å²) in [4.78, 5) is 12.9. The Balaban J connectivity index is 1.45. The number of carbonyl (C=O) groups is 1. The SMILES string of the molecule is Cn1c(CO)nnc1SCC(=O)C12CC3CC(CC(C3)C1)C2. The van der Waals surface area contributed by atoms with E-state index < -0.39 is 0 Å². The van der Waals surface area contributed by atoms with E-state index in [4.69, 9.17) is 5.11 Å². The second-order valence-corrected chi connectivity index (χ2v) is 8.47. The average Bonchev–Trinajstić information content (AvgIpc) is 2.83. The lowest BCUT2D eigenvalue weighted by Gasteiger charge is -2.56. The first-order chi connectivity index (χ1) is 10.6. The maximum atomic E-state index is 12.9. The van der Waals surface area contributed by atoms with Crippen molar-refractivity contribution < 1.29 is 9.90 Å². The molecular formula is C16H23N3O2S. The Morgan fingerprint density at radius 2 is 1.82 bits per heavy atom. The lowest BCUT2D eigenvalue weighted by Crippen LogP contribution is -2.50. The van der Waals surface area contributed by atoms with Gasteiger partial charge in [-0.25, -0.2) is 0 Å². The lowest BCUT2D eigenvalue weighted by atomic mass is 9.48. The topological polar surface area (TPSA) is 68.0 Å². The third kappa shape index (κ3) is 2.31. The van der Waals surface area contributed by atoms with Crippen molar-refractivity contribution in [2.75, 3.05) is 5.75 Å². The number of aliphatic hydroxyl groups is 1. The third-order valence-electron chi connectivity index (χ3n) is 6.03. The number of hydrogen-bond acceptors (Lipinski definition) is 5. The first-order valence-electron chi connectivity index (χ1n) is 8.25. The van der Waals surface area contributed by atoms with Crippen LogP contribution in [0.3, 0.4) is 0 Å². The number of carbonyl (C=O) groups excluding carboxylic acids is 1. The molecule has 22 heavy (non-hydrogen) atoms. The smallest absolute Gasteiger partial charge is 0.191 e. The first-order valence-corrected chi connectivity index (χ1v) is 9.23. The zero-order valence-electron chi connectivity index (χ0n) is 13.0. The van der Waals surface area contributed by atoms with E-state index in [9.17, 15) is 4.79 Å². The molecular weight excluding hydrogens is 298 g/mol. The van der Waals surface area contributed by atoms with Crippen molar-refractivity contribution >= 4 is 17.5 Å². The molecule has 4 saturated carbocycles. The monoisotopic (exact) mass is 321 g/mol. The molecule has 1 aromatic heterocycles. The molecule has 120 valence electrons. The van der Waals surface area contributed by atoms with Crippen LogP contribution in [0.25, 0.3) is 0 Å². The second-order valence-electron chi connectivity index (χ2n) is 7.53. The van der Waals surface area contributed by atoms with Crippen molar-refractivity contribution in [2.24, 2.45) is 30.2 Å². The maximum absolute atomic E-state index is 12.9. The summed E-state index contributed by atoms with van der Waals surface area (Å²) in [6.45, 7) is -0.118. The molecule has 0 spiro atoms. The third-order valence-corrected chi connectivity index (χ3v) is 7.05. The van der Waals surface area contributed by atoms with Crippen LogP contribution in [-0.4, -0.2) is 31.4 Å². The lowest BCUT2D eigenvalue weighted by molar-refractivity contribution is -0.141. The van der Waals surface area contributed by atoms with Crippen LogP contribution in [0.5, 0.6) is 0 Å². The fraction of sp³-hybridized carbons (Fsp3) is 0.812. The molecule has 0 aliphatic heterocycles. The Kier molecular flexibility index (Phi) is 3.57. The van der Waals surface area contributed by atoms with Gasteiger partial charge in [0.1, 0.15) is 12.4 Å². The van der Waals surface area contributed by atoms with Gasteiger partial charge in [0, 0.05) is 12.5 Å². The van der Waals surface area contributed by atoms with Crippen LogP contribution < -0.4 is 0 Å². The standard InChI is InChI=1S/C16H23N3O2S/c1-19-14(8-20)17-18-15(19)22-9-13(21)16-5-10-2-11(6-16)4-12(3-10)7-16/h10-12,20H,2-9H2,1H3. The molecule has 5 nitrogen and oxygen atoms in total. The van der Waals surface area contributed by atoms with Crippen molar-refractivity contribution in [3.63, 3.8) is 0 Å². The summed E-state index contributed by atoms with van der Waals surface area (Å²) >= 11 is 1.47.